The Balaban J connectivity index is 2.96. The highest BCUT2D eigenvalue weighted by atomic mass is 16.4. The number of rotatable bonds is 6. The second kappa shape index (κ2) is 7.10. The Morgan fingerprint density at radius 1 is 1.26 bits per heavy atom. The Bertz CT molecular complexity index is 493. The molecule has 1 aromatic rings. The molecule has 1 N–H and O–H groups in total. The van der Waals surface area contributed by atoms with Crippen LogP contribution < -0.4 is 0 Å². The van der Waals surface area contributed by atoms with Crippen LogP contribution in [-0.2, 0) is 14.4 Å². The summed E-state index contributed by atoms with van der Waals surface area (Å²) in [5, 5.41) is 8.64. The van der Waals surface area contributed by atoms with Crippen molar-refractivity contribution < 1.29 is 19.5 Å². The van der Waals surface area contributed by atoms with E-state index in [0.717, 1.165) is 10.5 Å². The summed E-state index contributed by atoms with van der Waals surface area (Å²) in [6, 6.07) is 9.04. The fraction of sp³-hybridized carbons (Fsp3) is 0.214. The van der Waals surface area contributed by atoms with E-state index >= 15 is 0 Å². The summed E-state index contributed by atoms with van der Waals surface area (Å²) in [4.78, 5) is 34.3. The lowest BCUT2D eigenvalue weighted by atomic mass is 10.2. The maximum atomic E-state index is 11.5. The lowest BCUT2D eigenvalue weighted by Crippen LogP contribution is -2.30. The predicted molar refractivity (Wildman–Crippen MR) is 70.1 cm³/mol. The Morgan fingerprint density at radius 2 is 1.89 bits per heavy atom. The summed E-state index contributed by atoms with van der Waals surface area (Å²) in [5.74, 6) is -1.38. The molecule has 0 saturated carbocycles. The summed E-state index contributed by atoms with van der Waals surface area (Å²) in [6.45, 7) is 1.27. The minimum absolute atomic E-state index is 0.0257. The normalized spacial score (nSPS) is 10.9. The van der Waals surface area contributed by atoms with Crippen molar-refractivity contribution in [3.63, 3.8) is 0 Å². The van der Waals surface area contributed by atoms with Crippen LogP contribution in [0.25, 0.3) is 6.08 Å². The van der Waals surface area contributed by atoms with Gasteiger partial charge in [0.05, 0.1) is 12.1 Å². The lowest BCUT2D eigenvalue weighted by Gasteiger charge is -2.19. The lowest BCUT2D eigenvalue weighted by molar-refractivity contribution is -0.138. The van der Waals surface area contributed by atoms with Crippen LogP contribution >= 0.6 is 0 Å². The van der Waals surface area contributed by atoms with Crippen molar-refractivity contribution in [3.8, 4) is 0 Å². The van der Waals surface area contributed by atoms with Crippen LogP contribution in [0.1, 0.15) is 18.9 Å². The van der Waals surface area contributed by atoms with Gasteiger partial charge in [0.2, 0.25) is 5.91 Å². The van der Waals surface area contributed by atoms with Crippen molar-refractivity contribution in [2.75, 3.05) is 6.54 Å². The molecule has 0 saturated heterocycles. The van der Waals surface area contributed by atoms with Crippen LogP contribution in [0.5, 0.6) is 0 Å². The third-order valence-corrected chi connectivity index (χ3v) is 2.48. The molecule has 0 radical (unpaired) electrons. The first-order valence-corrected chi connectivity index (χ1v) is 5.76. The van der Waals surface area contributed by atoms with Crippen molar-refractivity contribution in [1.82, 2.24) is 4.90 Å². The number of carboxylic acid groups (broad SMARTS) is 1. The van der Waals surface area contributed by atoms with Crippen molar-refractivity contribution in [3.05, 3.63) is 41.6 Å². The van der Waals surface area contributed by atoms with E-state index in [1.165, 1.54) is 6.92 Å². The van der Waals surface area contributed by atoms with E-state index in [2.05, 4.69) is 0 Å². The molecule has 0 aromatic heterocycles. The van der Waals surface area contributed by atoms with Crippen molar-refractivity contribution in [2.24, 2.45) is 0 Å². The smallest absolute Gasteiger partial charge is 0.305 e. The van der Waals surface area contributed by atoms with Crippen LogP contribution in [0.3, 0.4) is 0 Å². The van der Waals surface area contributed by atoms with Crippen molar-refractivity contribution in [2.45, 2.75) is 13.3 Å². The largest absolute Gasteiger partial charge is 0.481 e. The highest BCUT2D eigenvalue weighted by Gasteiger charge is 2.15. The number of hydrogen-bond acceptors (Lipinski definition) is 3. The van der Waals surface area contributed by atoms with Crippen LogP contribution in [0.2, 0.25) is 0 Å². The molecule has 0 bridgehead atoms. The minimum Gasteiger partial charge on any atom is -0.481 e. The molecular weight excluding hydrogens is 246 g/mol. The average molecular weight is 261 g/mol. The first-order valence-electron chi connectivity index (χ1n) is 5.76. The first kappa shape index (κ1) is 14.6. The van der Waals surface area contributed by atoms with Crippen LogP contribution in [-0.4, -0.2) is 34.7 Å². The fourth-order valence-corrected chi connectivity index (χ4v) is 1.57. The van der Waals surface area contributed by atoms with Gasteiger partial charge in [-0.05, 0) is 11.6 Å². The summed E-state index contributed by atoms with van der Waals surface area (Å²) < 4.78 is 0. The molecular formula is C14H15NO4. The molecule has 0 heterocycles. The zero-order chi connectivity index (χ0) is 14.3. The fourth-order valence-electron chi connectivity index (χ4n) is 1.57. The minimum atomic E-state index is -1.02. The van der Waals surface area contributed by atoms with Gasteiger partial charge in [-0.3, -0.25) is 14.4 Å². The predicted octanol–water partition coefficient (Wildman–Crippen LogP) is 1.55. The highest BCUT2D eigenvalue weighted by Crippen LogP contribution is 2.10. The molecule has 0 aliphatic carbocycles. The standard InChI is InChI=1S/C14H15NO4/c1-11(17)15(8-7-14(18)19)13(10-16)9-12-5-3-2-4-6-12/h2-6,9-10H,7-8H2,1H3,(H,18,19). The SMILES string of the molecule is CC(=O)N(CCC(=O)O)C(C=O)=Cc1ccccc1. The number of carbonyl (C=O) groups is 3. The van der Waals surface area contributed by atoms with E-state index in [-0.39, 0.29) is 24.6 Å². The number of aliphatic carboxylic acids is 1. The number of carboxylic acids is 1. The second-order valence-electron chi connectivity index (χ2n) is 3.91. The maximum Gasteiger partial charge on any atom is 0.305 e. The molecule has 1 rings (SSSR count). The van der Waals surface area contributed by atoms with Gasteiger partial charge in [0.15, 0.2) is 6.29 Å². The van der Waals surface area contributed by atoms with E-state index in [1.807, 2.05) is 18.2 Å². The van der Waals surface area contributed by atoms with Crippen molar-refractivity contribution in [1.29, 1.82) is 0 Å². The monoisotopic (exact) mass is 261 g/mol. The van der Waals surface area contributed by atoms with Crippen LogP contribution in [0.15, 0.2) is 36.0 Å². The van der Waals surface area contributed by atoms with Gasteiger partial charge >= 0.3 is 5.97 Å². The Hall–Kier alpha value is -2.43. The van der Waals surface area contributed by atoms with E-state index in [9.17, 15) is 14.4 Å². The zero-order valence-corrected chi connectivity index (χ0v) is 10.6. The number of nitrogens with zero attached hydrogens (tertiary/aromatic N) is 1. The molecule has 5 heteroatoms. The van der Waals surface area contributed by atoms with Gasteiger partial charge in [0.25, 0.3) is 0 Å². The molecule has 100 valence electrons. The number of benzene rings is 1. The van der Waals surface area contributed by atoms with E-state index in [4.69, 9.17) is 5.11 Å². The number of hydrogen-bond donors (Lipinski definition) is 1. The average Bonchev–Trinajstić information content (AvgIpc) is 2.38. The summed E-state index contributed by atoms with van der Waals surface area (Å²) in [5.41, 5.74) is 0.922. The summed E-state index contributed by atoms with van der Waals surface area (Å²) in [7, 11) is 0. The molecule has 19 heavy (non-hydrogen) atoms. The Kier molecular flexibility index (Phi) is 5.47. The molecule has 0 atom stereocenters. The number of carbonyl (C=O) groups excluding carboxylic acids is 2. The molecule has 0 fully saturated rings. The summed E-state index contributed by atoms with van der Waals surface area (Å²) in [6.07, 6.45) is 1.89. The molecule has 1 aromatic carbocycles. The topological polar surface area (TPSA) is 74.7 Å². The van der Waals surface area contributed by atoms with Crippen LogP contribution in [0.4, 0.5) is 0 Å². The molecule has 1 amide bonds. The van der Waals surface area contributed by atoms with Gasteiger partial charge < -0.3 is 10.0 Å². The molecule has 5 nitrogen and oxygen atoms in total. The Morgan fingerprint density at radius 3 is 2.37 bits per heavy atom. The first-order chi connectivity index (χ1) is 9.04. The van der Waals surface area contributed by atoms with Gasteiger partial charge in [-0.1, -0.05) is 30.3 Å². The van der Waals surface area contributed by atoms with Crippen molar-refractivity contribution >= 4 is 24.2 Å². The van der Waals surface area contributed by atoms with Gasteiger partial charge in [-0.2, -0.15) is 0 Å². The third kappa shape index (κ3) is 4.75. The molecule has 0 aliphatic heterocycles. The quantitative estimate of drug-likeness (QED) is 0.622. The van der Waals surface area contributed by atoms with Gasteiger partial charge in [-0.15, -0.1) is 0 Å². The number of allylic oxidation sites excluding steroid dienone is 1. The van der Waals surface area contributed by atoms with Gasteiger partial charge in [0, 0.05) is 13.5 Å². The maximum absolute atomic E-state index is 11.5. The number of amides is 1. The van der Waals surface area contributed by atoms with E-state index in [1.54, 1.807) is 18.2 Å². The van der Waals surface area contributed by atoms with E-state index < -0.39 is 5.97 Å². The molecule has 0 aliphatic rings. The number of aldehydes is 1. The Labute approximate surface area is 111 Å². The third-order valence-electron chi connectivity index (χ3n) is 2.48. The second-order valence-corrected chi connectivity index (χ2v) is 3.91. The van der Waals surface area contributed by atoms with Gasteiger partial charge in [-0.25, -0.2) is 0 Å². The highest BCUT2D eigenvalue weighted by molar-refractivity contribution is 5.89. The zero-order valence-electron chi connectivity index (χ0n) is 10.6. The van der Waals surface area contributed by atoms with Gasteiger partial charge in [0.1, 0.15) is 0 Å². The van der Waals surface area contributed by atoms with E-state index in [0.29, 0.717) is 6.29 Å². The van der Waals surface area contributed by atoms with Crippen LogP contribution in [0, 0.1) is 0 Å². The molecule has 0 unspecified atom stereocenters. The molecule has 0 spiro atoms. The summed E-state index contributed by atoms with van der Waals surface area (Å²) >= 11 is 0.